The minimum absolute atomic E-state index is 0. The third kappa shape index (κ3) is 64.6. The Bertz CT molecular complexity index is 24.2. The Kier molecular flexibility index (Phi) is 60.3. The summed E-state index contributed by atoms with van der Waals surface area (Å²) in [4.78, 5) is -0.278. The van der Waals surface area contributed by atoms with Crippen LogP contribution in [-0.4, -0.2) is 0 Å². The van der Waals surface area contributed by atoms with Gasteiger partial charge in [0.15, 0.2) is 0 Å². The summed E-state index contributed by atoms with van der Waals surface area (Å²) >= 11 is 12.1. The van der Waals surface area contributed by atoms with Gasteiger partial charge in [0.05, 0.1) is 0 Å². The Morgan fingerprint density at radius 1 is 0.889 bits per heavy atom. The third-order valence-corrected chi connectivity index (χ3v) is 0. The van der Waals surface area contributed by atoms with Gasteiger partial charge in [-0.05, 0) is 0 Å². The summed E-state index contributed by atoms with van der Waals surface area (Å²) in [5.74, 6) is 0. The summed E-state index contributed by atoms with van der Waals surface area (Å²) in [6.45, 7) is 0. The van der Waals surface area contributed by atoms with Gasteiger partial charge in [0.25, 0.3) is 0 Å². The summed E-state index contributed by atoms with van der Waals surface area (Å²) in [5, 5.41) is 0. The van der Waals surface area contributed by atoms with Crippen LogP contribution in [0.2, 0.25) is 0 Å². The molecule has 0 amide bonds. The topological polar surface area (TPSA) is 0 Å². The van der Waals surface area contributed by atoms with Crippen molar-refractivity contribution in [2.45, 2.75) is 14.9 Å². The summed E-state index contributed by atoms with van der Waals surface area (Å²) in [6, 6.07) is 0. The van der Waals surface area contributed by atoms with Crippen molar-refractivity contribution in [3.8, 4) is 0 Å². The molecule has 7 heteroatoms. The molecule has 0 nitrogen and oxygen atoms in total. The number of rotatable bonds is 0. The fourth-order valence-corrected chi connectivity index (χ4v) is 0. The van der Waals surface area contributed by atoms with Crippen LogP contribution in [0.3, 0.4) is 0 Å². The average molecular weight is 768 g/mol. The van der Waals surface area contributed by atoms with E-state index in [0.29, 0.717) is 9.47 Å². The Balaban J connectivity index is -0.0000000233. The molecule has 61 valence electrons. The van der Waals surface area contributed by atoms with Crippen molar-refractivity contribution in [3.63, 3.8) is 0 Å². The first kappa shape index (κ1) is 23.6. The maximum atomic E-state index is 2.46. The molecule has 0 aromatic heterocycles. The van der Waals surface area contributed by atoms with E-state index in [4.69, 9.17) is 0 Å². The van der Waals surface area contributed by atoms with Gasteiger partial charge < -0.3 is 0 Å². The molecule has 0 aliphatic carbocycles. The molecule has 0 spiro atoms. The zero-order valence-corrected chi connectivity index (χ0v) is 16.4. The molecule has 0 bridgehead atoms. The second kappa shape index (κ2) is 23.0. The fourth-order valence-electron chi connectivity index (χ4n) is 0. The van der Waals surface area contributed by atoms with Gasteiger partial charge in [-0.1, -0.05) is 14.9 Å². The van der Waals surface area contributed by atoms with Crippen LogP contribution in [0.25, 0.3) is 0 Å². The average Bonchev–Trinajstić information content (AvgIpc) is 1.33. The molecule has 9 heavy (non-hydrogen) atoms. The van der Waals surface area contributed by atoms with E-state index in [1.807, 2.05) is 0 Å². The van der Waals surface area contributed by atoms with Crippen LogP contribution in [-0.2, 0) is 14.4 Å². The van der Waals surface area contributed by atoms with Gasteiger partial charge in [0.1, 0.15) is 0 Å². The Morgan fingerprint density at radius 2 is 0.889 bits per heavy atom. The van der Waals surface area contributed by atoms with Crippen molar-refractivity contribution in [2.24, 2.45) is 0 Å². The molecule has 0 N–H and O–H groups in total. The fraction of sp³-hybridized carbons (Fsp3) is 1.00. The first-order valence-corrected chi connectivity index (χ1v) is 23.4. The van der Waals surface area contributed by atoms with Crippen molar-refractivity contribution in [2.75, 3.05) is 0 Å². The second-order valence-corrected chi connectivity index (χ2v) is 47.4. The summed E-state index contributed by atoms with van der Waals surface area (Å²) in [7, 11) is 0.628. The summed E-state index contributed by atoms with van der Waals surface area (Å²) < 4.78 is 0. The van der Waals surface area contributed by atoms with Crippen molar-refractivity contribution < 1.29 is 14.4 Å². The Labute approximate surface area is 125 Å². The van der Waals surface area contributed by atoms with Gasteiger partial charge in [0, 0.05) is 0 Å². The van der Waals surface area contributed by atoms with Crippen molar-refractivity contribution >= 4 is 99.9 Å². The first-order chi connectivity index (χ1) is 3.15. The molecule has 0 aliphatic heterocycles. The monoisotopic (exact) mass is 768 g/mol. The SMILES string of the molecule is C.C.[I][V]([I])[I].[I][V][I]. The van der Waals surface area contributed by atoms with Gasteiger partial charge >= 0.3 is 114 Å². The molecule has 0 saturated heterocycles. The molecule has 0 aromatic carbocycles. The standard InChI is InChI=1S/2CH4.5HI.2V/h2*1H4;5*1H;;/q;;;;;;;+2;+3/p-5. The van der Waals surface area contributed by atoms with E-state index >= 15 is 0 Å². The van der Waals surface area contributed by atoms with Gasteiger partial charge in [-0.3, -0.25) is 0 Å². The first-order valence-electron chi connectivity index (χ1n) is 0.845. The molecule has 0 aromatic rings. The minimum atomic E-state index is -0.278. The molecular weight excluding hydrogens is 760 g/mol. The van der Waals surface area contributed by atoms with Crippen LogP contribution in [0.4, 0.5) is 0 Å². The number of hydrogen-bond acceptors (Lipinski definition) is 0. The van der Waals surface area contributed by atoms with Gasteiger partial charge in [0.2, 0.25) is 0 Å². The predicted molar refractivity (Wildman–Crippen MR) is 83.6 cm³/mol. The molecule has 0 saturated carbocycles. The molecule has 0 rings (SSSR count). The van der Waals surface area contributed by atoms with E-state index in [1.54, 1.807) is 0 Å². The van der Waals surface area contributed by atoms with E-state index in [0.717, 1.165) is 0 Å². The molecule has 0 unspecified atom stereocenters. The van der Waals surface area contributed by atoms with E-state index < -0.39 is 0 Å². The van der Waals surface area contributed by atoms with Crippen LogP contribution >= 0.6 is 99.9 Å². The second-order valence-electron chi connectivity index (χ2n) is 0.256. The van der Waals surface area contributed by atoms with Crippen LogP contribution in [0.5, 0.6) is 0 Å². The van der Waals surface area contributed by atoms with E-state index in [-0.39, 0.29) is 19.8 Å². The van der Waals surface area contributed by atoms with Crippen molar-refractivity contribution in [1.29, 1.82) is 0 Å². The molecule has 0 radical (unpaired) electrons. The van der Waals surface area contributed by atoms with Crippen LogP contribution < -0.4 is 0 Å². The van der Waals surface area contributed by atoms with E-state index in [2.05, 4.69) is 99.9 Å². The van der Waals surface area contributed by atoms with Crippen LogP contribution in [0, 0.1) is 0 Å². The van der Waals surface area contributed by atoms with Crippen LogP contribution in [0.1, 0.15) is 14.9 Å². The Morgan fingerprint density at radius 3 is 0.889 bits per heavy atom. The van der Waals surface area contributed by atoms with Crippen LogP contribution in [0.15, 0.2) is 0 Å². The third-order valence-electron chi connectivity index (χ3n) is 0. The quantitative estimate of drug-likeness (QED) is 0.278. The number of halogens is 5. The van der Waals surface area contributed by atoms with Gasteiger partial charge in [-0.15, -0.1) is 0 Å². The van der Waals surface area contributed by atoms with Gasteiger partial charge in [-0.2, -0.15) is 0 Å². The molecule has 0 fully saturated rings. The zero-order valence-electron chi connectivity index (χ0n) is 2.78. The normalized spacial score (nSPS) is 5.56. The van der Waals surface area contributed by atoms with E-state index in [1.165, 1.54) is 0 Å². The van der Waals surface area contributed by atoms with Gasteiger partial charge in [-0.25, -0.2) is 0 Å². The summed E-state index contributed by atoms with van der Waals surface area (Å²) in [6.07, 6.45) is 0. The van der Waals surface area contributed by atoms with Crippen molar-refractivity contribution in [1.82, 2.24) is 0 Å². The Hall–Kier alpha value is 4.82. The molecule has 0 aliphatic rings. The molecular formula is C2H8I5V2. The summed E-state index contributed by atoms with van der Waals surface area (Å²) in [5.41, 5.74) is 0. The van der Waals surface area contributed by atoms with E-state index in [9.17, 15) is 0 Å². The van der Waals surface area contributed by atoms with Crippen molar-refractivity contribution in [3.05, 3.63) is 0 Å². The zero-order chi connectivity index (χ0) is 6.28. The number of hydrogen-bond donors (Lipinski definition) is 0. The predicted octanol–water partition coefficient (Wildman–Crippen LogP) is 5.70. The molecule has 0 heterocycles. The molecule has 0 atom stereocenters. The maximum absolute atomic E-state index is 2.46.